The molecule has 0 radical (unpaired) electrons. The van der Waals surface area contributed by atoms with Crippen molar-refractivity contribution in [3.05, 3.63) is 47.7 Å². The molecule has 0 spiro atoms. The molecule has 1 nitrogen and oxygen atoms in total. The molecule has 0 atom stereocenters. The third kappa shape index (κ3) is 6.26. The Labute approximate surface area is 93.8 Å². The first-order valence-electron chi connectivity index (χ1n) is 5.37. The van der Waals surface area contributed by atoms with E-state index in [4.69, 9.17) is 4.74 Å². The van der Waals surface area contributed by atoms with Gasteiger partial charge in [0.05, 0.1) is 21.3 Å². The Morgan fingerprint density at radius 3 is 2.40 bits per heavy atom. The summed E-state index contributed by atoms with van der Waals surface area (Å²) in [5.74, 6) is 0. The highest BCUT2D eigenvalue weighted by atomic mass is 28.3. The molecule has 1 rings (SSSR count). The molecule has 0 N–H and O–H groups in total. The summed E-state index contributed by atoms with van der Waals surface area (Å²) < 4.78 is 5.55. The SMILES string of the molecule is C[Si](C)(C)/C=C/COCc1ccccc1. The van der Waals surface area contributed by atoms with Crippen molar-refractivity contribution < 1.29 is 4.74 Å². The number of benzene rings is 1. The third-order valence-corrected chi connectivity index (χ3v) is 3.18. The number of rotatable bonds is 5. The van der Waals surface area contributed by atoms with E-state index in [2.05, 4.69) is 43.5 Å². The predicted octanol–water partition coefficient (Wildman–Crippen LogP) is 3.64. The average molecular weight is 220 g/mol. The van der Waals surface area contributed by atoms with Crippen LogP contribution in [0.25, 0.3) is 0 Å². The van der Waals surface area contributed by atoms with Crippen LogP contribution in [0.3, 0.4) is 0 Å². The van der Waals surface area contributed by atoms with Gasteiger partial charge in [0.15, 0.2) is 0 Å². The van der Waals surface area contributed by atoms with Gasteiger partial charge >= 0.3 is 0 Å². The van der Waals surface area contributed by atoms with Gasteiger partial charge in [-0.1, -0.05) is 61.7 Å². The number of hydrogen-bond acceptors (Lipinski definition) is 1. The Balaban J connectivity index is 2.21. The molecule has 0 fully saturated rings. The minimum atomic E-state index is -1.05. The molecule has 1 aromatic rings. The topological polar surface area (TPSA) is 9.23 Å². The summed E-state index contributed by atoms with van der Waals surface area (Å²) in [6, 6.07) is 10.3. The van der Waals surface area contributed by atoms with E-state index in [1.165, 1.54) is 5.56 Å². The van der Waals surface area contributed by atoms with Crippen molar-refractivity contribution in [1.29, 1.82) is 0 Å². The van der Waals surface area contributed by atoms with Gasteiger partial charge < -0.3 is 4.74 Å². The van der Waals surface area contributed by atoms with Crippen LogP contribution in [0.5, 0.6) is 0 Å². The van der Waals surface area contributed by atoms with Crippen molar-refractivity contribution in [2.24, 2.45) is 0 Å². The first-order valence-corrected chi connectivity index (χ1v) is 8.95. The first-order chi connectivity index (χ1) is 7.08. The van der Waals surface area contributed by atoms with Gasteiger partial charge in [-0.25, -0.2) is 0 Å². The van der Waals surface area contributed by atoms with E-state index in [9.17, 15) is 0 Å². The maximum Gasteiger partial charge on any atom is 0.0721 e. The van der Waals surface area contributed by atoms with E-state index < -0.39 is 8.07 Å². The zero-order valence-electron chi connectivity index (χ0n) is 9.86. The highest BCUT2D eigenvalue weighted by Gasteiger charge is 2.05. The number of ether oxygens (including phenoxy) is 1. The summed E-state index contributed by atoms with van der Waals surface area (Å²) in [7, 11) is -1.05. The van der Waals surface area contributed by atoms with Crippen molar-refractivity contribution in [3.8, 4) is 0 Å². The molecule has 0 heterocycles. The second-order valence-electron chi connectivity index (χ2n) is 4.77. The molecular weight excluding hydrogens is 200 g/mol. The Kier molecular flexibility index (Phi) is 4.79. The van der Waals surface area contributed by atoms with Crippen molar-refractivity contribution in [2.75, 3.05) is 6.61 Å². The lowest BCUT2D eigenvalue weighted by atomic mass is 10.2. The second-order valence-corrected chi connectivity index (χ2v) is 9.83. The molecule has 1 aromatic carbocycles. The molecule has 82 valence electrons. The van der Waals surface area contributed by atoms with Gasteiger partial charge in [0.1, 0.15) is 0 Å². The smallest absolute Gasteiger partial charge is 0.0721 e. The lowest BCUT2D eigenvalue weighted by molar-refractivity contribution is 0.149. The molecule has 0 saturated heterocycles. The zero-order chi connectivity index (χ0) is 11.1. The molecule has 0 bridgehead atoms. The van der Waals surface area contributed by atoms with E-state index >= 15 is 0 Å². The van der Waals surface area contributed by atoms with Crippen LogP contribution >= 0.6 is 0 Å². The molecule has 0 aliphatic rings. The van der Waals surface area contributed by atoms with Crippen LogP contribution in [0.2, 0.25) is 19.6 Å². The zero-order valence-corrected chi connectivity index (χ0v) is 10.9. The van der Waals surface area contributed by atoms with Crippen LogP contribution in [-0.4, -0.2) is 14.7 Å². The average Bonchev–Trinajstić information content (AvgIpc) is 2.17. The van der Waals surface area contributed by atoms with Crippen molar-refractivity contribution in [3.63, 3.8) is 0 Å². The van der Waals surface area contributed by atoms with Crippen LogP contribution in [0.15, 0.2) is 42.1 Å². The molecule has 0 unspecified atom stereocenters. The lowest BCUT2D eigenvalue weighted by Crippen LogP contribution is -2.15. The molecule has 0 aliphatic heterocycles. The van der Waals surface area contributed by atoms with Crippen molar-refractivity contribution in [1.82, 2.24) is 0 Å². The van der Waals surface area contributed by atoms with Crippen molar-refractivity contribution >= 4 is 8.07 Å². The summed E-state index contributed by atoms with van der Waals surface area (Å²) in [6.45, 7) is 8.39. The molecule has 0 amide bonds. The minimum Gasteiger partial charge on any atom is -0.373 e. The Morgan fingerprint density at radius 1 is 1.13 bits per heavy atom. The third-order valence-electron chi connectivity index (χ3n) is 1.94. The highest BCUT2D eigenvalue weighted by molar-refractivity contribution is 6.80. The highest BCUT2D eigenvalue weighted by Crippen LogP contribution is 2.03. The summed E-state index contributed by atoms with van der Waals surface area (Å²) in [5, 5.41) is 0. The molecule has 2 heteroatoms. The molecule has 0 saturated carbocycles. The van der Waals surface area contributed by atoms with Crippen LogP contribution < -0.4 is 0 Å². The normalized spacial score (nSPS) is 12.2. The van der Waals surface area contributed by atoms with E-state index in [1.54, 1.807) is 0 Å². The molecule has 0 aliphatic carbocycles. The summed E-state index contributed by atoms with van der Waals surface area (Å²) >= 11 is 0. The van der Waals surface area contributed by atoms with Gasteiger partial charge in [-0.15, -0.1) is 0 Å². The Morgan fingerprint density at radius 2 is 1.80 bits per heavy atom. The first kappa shape index (κ1) is 12.2. The standard InChI is InChI=1S/C13H20OSi/c1-15(2,3)11-7-10-14-12-13-8-5-4-6-9-13/h4-9,11H,10,12H2,1-3H3/b11-7+. The van der Waals surface area contributed by atoms with Gasteiger partial charge in [-0.2, -0.15) is 0 Å². The predicted molar refractivity (Wildman–Crippen MR) is 68.6 cm³/mol. The Bertz CT molecular complexity index is 298. The van der Waals surface area contributed by atoms with E-state index in [-0.39, 0.29) is 0 Å². The number of hydrogen-bond donors (Lipinski definition) is 0. The minimum absolute atomic E-state index is 0.705. The second kappa shape index (κ2) is 5.88. The fraction of sp³-hybridized carbons (Fsp3) is 0.385. The summed E-state index contributed by atoms with van der Waals surface area (Å²) in [6.07, 6.45) is 2.15. The van der Waals surface area contributed by atoms with E-state index in [0.29, 0.717) is 6.61 Å². The largest absolute Gasteiger partial charge is 0.373 e. The Hall–Kier alpha value is -0.863. The maximum absolute atomic E-state index is 5.55. The van der Waals surface area contributed by atoms with Gasteiger partial charge in [0.2, 0.25) is 0 Å². The lowest BCUT2D eigenvalue weighted by Gasteiger charge is -2.08. The van der Waals surface area contributed by atoms with Crippen molar-refractivity contribution in [2.45, 2.75) is 26.2 Å². The molecular formula is C13H20OSi. The van der Waals surface area contributed by atoms with E-state index in [1.807, 2.05) is 18.2 Å². The fourth-order valence-corrected chi connectivity index (χ4v) is 2.02. The summed E-state index contributed by atoms with van der Waals surface area (Å²) in [4.78, 5) is 0. The summed E-state index contributed by atoms with van der Waals surface area (Å²) in [5.41, 5.74) is 3.55. The maximum atomic E-state index is 5.55. The van der Waals surface area contributed by atoms with E-state index in [0.717, 1.165) is 6.61 Å². The molecule has 0 aromatic heterocycles. The van der Waals surface area contributed by atoms with Gasteiger partial charge in [-0.3, -0.25) is 0 Å². The van der Waals surface area contributed by atoms with Crippen LogP contribution in [-0.2, 0) is 11.3 Å². The monoisotopic (exact) mass is 220 g/mol. The van der Waals surface area contributed by atoms with Gasteiger partial charge in [-0.05, 0) is 5.56 Å². The molecule has 15 heavy (non-hydrogen) atoms. The van der Waals surface area contributed by atoms with Crippen LogP contribution in [0.4, 0.5) is 0 Å². The van der Waals surface area contributed by atoms with Gasteiger partial charge in [0, 0.05) is 0 Å². The van der Waals surface area contributed by atoms with Gasteiger partial charge in [0.25, 0.3) is 0 Å². The quantitative estimate of drug-likeness (QED) is 0.544. The van der Waals surface area contributed by atoms with Crippen LogP contribution in [0, 0.1) is 0 Å². The fourth-order valence-electron chi connectivity index (χ4n) is 1.22. The van der Waals surface area contributed by atoms with Crippen LogP contribution in [0.1, 0.15) is 5.56 Å².